The van der Waals surface area contributed by atoms with Crippen LogP contribution >= 0.6 is 15.9 Å². The molecule has 0 aliphatic carbocycles. The smallest absolute Gasteiger partial charge is 0.255 e. The number of fused-ring (bicyclic) bond motifs is 1. The highest BCUT2D eigenvalue weighted by molar-refractivity contribution is 9.10. The monoisotopic (exact) mass is 320 g/mol. The van der Waals surface area contributed by atoms with Gasteiger partial charge in [-0.15, -0.1) is 0 Å². The van der Waals surface area contributed by atoms with Gasteiger partial charge in [0.05, 0.1) is 10.0 Å². The van der Waals surface area contributed by atoms with E-state index in [1.165, 1.54) is 6.07 Å². The first-order valence-corrected chi connectivity index (χ1v) is 6.56. The lowest BCUT2D eigenvalue weighted by Crippen LogP contribution is -2.38. The molecule has 0 radical (unpaired) electrons. The number of carbonyl (C=O) groups excluding carboxylic acids is 1. The third-order valence-electron chi connectivity index (χ3n) is 3.02. The normalized spacial score (nSPS) is 17.4. The minimum Gasteiger partial charge on any atom is -0.361 e. The standard InChI is InChI=1S/C14H10BrFN2O/c15-10-7-8(5-6-11(10)16)13-17-12-4-2-1-3-9(12)14(19)18-13/h1-7,13,17H,(H,18,19). The van der Waals surface area contributed by atoms with Crippen LogP contribution < -0.4 is 10.6 Å². The summed E-state index contributed by atoms with van der Waals surface area (Å²) < 4.78 is 13.6. The van der Waals surface area contributed by atoms with E-state index in [1.807, 2.05) is 18.2 Å². The van der Waals surface area contributed by atoms with Gasteiger partial charge in [0.15, 0.2) is 0 Å². The lowest BCUT2D eigenvalue weighted by molar-refractivity contribution is 0.0935. The van der Waals surface area contributed by atoms with Crippen LogP contribution in [-0.4, -0.2) is 5.91 Å². The van der Waals surface area contributed by atoms with Crippen LogP contribution in [-0.2, 0) is 0 Å². The Morgan fingerprint density at radius 1 is 1.11 bits per heavy atom. The van der Waals surface area contributed by atoms with Crippen LogP contribution in [0.15, 0.2) is 46.9 Å². The maximum Gasteiger partial charge on any atom is 0.255 e. The molecule has 1 aliphatic heterocycles. The molecular weight excluding hydrogens is 311 g/mol. The van der Waals surface area contributed by atoms with E-state index in [4.69, 9.17) is 0 Å². The summed E-state index contributed by atoms with van der Waals surface area (Å²) in [5.74, 6) is -0.467. The van der Waals surface area contributed by atoms with E-state index in [2.05, 4.69) is 26.6 Å². The molecule has 0 saturated carbocycles. The fourth-order valence-electron chi connectivity index (χ4n) is 2.07. The number of hydrogen-bond donors (Lipinski definition) is 2. The van der Waals surface area contributed by atoms with Crippen LogP contribution in [0.25, 0.3) is 0 Å². The average molecular weight is 321 g/mol. The Bertz CT molecular complexity index is 660. The first kappa shape index (κ1) is 12.2. The van der Waals surface area contributed by atoms with Gasteiger partial charge in [-0.1, -0.05) is 18.2 Å². The lowest BCUT2D eigenvalue weighted by Gasteiger charge is -2.28. The van der Waals surface area contributed by atoms with Crippen LogP contribution in [0.2, 0.25) is 0 Å². The van der Waals surface area contributed by atoms with Crippen molar-refractivity contribution in [3.63, 3.8) is 0 Å². The van der Waals surface area contributed by atoms with Crippen molar-refractivity contribution in [2.24, 2.45) is 0 Å². The quantitative estimate of drug-likeness (QED) is 0.845. The van der Waals surface area contributed by atoms with E-state index in [9.17, 15) is 9.18 Å². The molecular formula is C14H10BrFN2O. The van der Waals surface area contributed by atoms with Gasteiger partial charge in [-0.2, -0.15) is 0 Å². The number of halogens is 2. The first-order chi connectivity index (χ1) is 9.15. The van der Waals surface area contributed by atoms with Gasteiger partial charge in [-0.05, 0) is 45.8 Å². The molecule has 3 rings (SSSR count). The Hall–Kier alpha value is -1.88. The molecule has 1 heterocycles. The number of nitrogens with one attached hydrogen (secondary N) is 2. The Labute approximate surface area is 118 Å². The summed E-state index contributed by atoms with van der Waals surface area (Å²) in [6.07, 6.45) is -0.362. The maximum absolute atomic E-state index is 13.2. The number of hydrogen-bond acceptors (Lipinski definition) is 2. The van der Waals surface area contributed by atoms with Crippen molar-refractivity contribution in [2.75, 3.05) is 5.32 Å². The van der Waals surface area contributed by atoms with Crippen LogP contribution in [0.4, 0.5) is 10.1 Å². The molecule has 2 aromatic rings. The van der Waals surface area contributed by atoms with E-state index >= 15 is 0 Å². The molecule has 2 aromatic carbocycles. The Kier molecular flexibility index (Phi) is 2.98. The van der Waals surface area contributed by atoms with Gasteiger partial charge in [0.2, 0.25) is 0 Å². The second kappa shape index (κ2) is 4.66. The fraction of sp³-hybridized carbons (Fsp3) is 0.0714. The van der Waals surface area contributed by atoms with Gasteiger partial charge in [0.1, 0.15) is 12.0 Å². The Morgan fingerprint density at radius 3 is 2.68 bits per heavy atom. The zero-order valence-corrected chi connectivity index (χ0v) is 11.4. The zero-order valence-electron chi connectivity index (χ0n) is 9.78. The fourth-order valence-corrected chi connectivity index (χ4v) is 2.46. The summed E-state index contributed by atoms with van der Waals surface area (Å²) in [7, 11) is 0. The molecule has 1 aliphatic rings. The number of benzene rings is 2. The molecule has 19 heavy (non-hydrogen) atoms. The van der Waals surface area contributed by atoms with Crippen molar-refractivity contribution >= 4 is 27.5 Å². The molecule has 1 atom stereocenters. The molecule has 2 N–H and O–H groups in total. The van der Waals surface area contributed by atoms with E-state index in [-0.39, 0.29) is 17.9 Å². The molecule has 1 amide bonds. The second-order valence-corrected chi connectivity index (χ2v) is 5.12. The maximum atomic E-state index is 13.2. The summed E-state index contributed by atoms with van der Waals surface area (Å²) in [4.78, 5) is 12.0. The number of rotatable bonds is 1. The highest BCUT2D eigenvalue weighted by Gasteiger charge is 2.24. The van der Waals surface area contributed by atoms with E-state index in [0.717, 1.165) is 11.3 Å². The predicted octanol–water partition coefficient (Wildman–Crippen LogP) is 3.44. The summed E-state index contributed by atoms with van der Waals surface area (Å²) in [6, 6.07) is 12.0. The van der Waals surface area contributed by atoms with Crippen molar-refractivity contribution in [2.45, 2.75) is 6.17 Å². The van der Waals surface area contributed by atoms with E-state index < -0.39 is 0 Å². The largest absolute Gasteiger partial charge is 0.361 e. The van der Waals surface area contributed by atoms with E-state index in [1.54, 1.807) is 18.2 Å². The topological polar surface area (TPSA) is 41.1 Å². The number of amides is 1. The molecule has 0 bridgehead atoms. The molecule has 0 fully saturated rings. The molecule has 0 aromatic heterocycles. The Morgan fingerprint density at radius 2 is 1.89 bits per heavy atom. The van der Waals surface area contributed by atoms with Gasteiger partial charge in [-0.3, -0.25) is 4.79 Å². The number of carbonyl (C=O) groups is 1. The molecule has 0 spiro atoms. The highest BCUT2D eigenvalue weighted by atomic mass is 79.9. The van der Waals surface area contributed by atoms with Crippen molar-refractivity contribution in [1.29, 1.82) is 0 Å². The molecule has 3 nitrogen and oxygen atoms in total. The van der Waals surface area contributed by atoms with Crippen molar-refractivity contribution in [3.8, 4) is 0 Å². The van der Waals surface area contributed by atoms with Crippen LogP contribution in [0.3, 0.4) is 0 Å². The van der Waals surface area contributed by atoms with Crippen LogP contribution in [0, 0.1) is 5.82 Å². The van der Waals surface area contributed by atoms with Crippen molar-refractivity contribution in [3.05, 3.63) is 63.9 Å². The van der Waals surface area contributed by atoms with Crippen molar-refractivity contribution < 1.29 is 9.18 Å². The number of para-hydroxylation sites is 1. The summed E-state index contributed by atoms with van der Waals surface area (Å²) in [6.45, 7) is 0. The van der Waals surface area contributed by atoms with Gasteiger partial charge in [0, 0.05) is 5.69 Å². The average Bonchev–Trinajstić information content (AvgIpc) is 2.42. The van der Waals surface area contributed by atoms with Gasteiger partial charge in [-0.25, -0.2) is 4.39 Å². The lowest BCUT2D eigenvalue weighted by atomic mass is 10.1. The third kappa shape index (κ3) is 2.21. The van der Waals surface area contributed by atoms with Crippen LogP contribution in [0.1, 0.15) is 22.1 Å². The molecule has 0 saturated heterocycles. The van der Waals surface area contributed by atoms with Gasteiger partial charge >= 0.3 is 0 Å². The summed E-state index contributed by atoms with van der Waals surface area (Å²) in [5, 5.41) is 6.06. The minimum absolute atomic E-state index is 0.139. The van der Waals surface area contributed by atoms with Gasteiger partial charge < -0.3 is 10.6 Å². The zero-order chi connectivity index (χ0) is 13.4. The summed E-state index contributed by atoms with van der Waals surface area (Å²) >= 11 is 3.14. The predicted molar refractivity (Wildman–Crippen MR) is 74.4 cm³/mol. The van der Waals surface area contributed by atoms with Crippen molar-refractivity contribution in [1.82, 2.24) is 5.32 Å². The SMILES string of the molecule is O=C1NC(c2ccc(F)c(Br)c2)Nc2ccccc21. The number of anilines is 1. The highest BCUT2D eigenvalue weighted by Crippen LogP contribution is 2.28. The van der Waals surface area contributed by atoms with Gasteiger partial charge in [0.25, 0.3) is 5.91 Å². The minimum atomic E-state index is -0.362. The van der Waals surface area contributed by atoms with Crippen LogP contribution in [0.5, 0.6) is 0 Å². The second-order valence-electron chi connectivity index (χ2n) is 4.27. The summed E-state index contributed by atoms with van der Waals surface area (Å²) in [5.41, 5.74) is 2.17. The molecule has 96 valence electrons. The molecule has 5 heteroatoms. The first-order valence-electron chi connectivity index (χ1n) is 5.76. The third-order valence-corrected chi connectivity index (χ3v) is 3.63. The molecule has 1 unspecified atom stereocenters. The Balaban J connectivity index is 1.96. The van der Waals surface area contributed by atoms with E-state index in [0.29, 0.717) is 10.0 Å².